The van der Waals surface area contributed by atoms with Crippen LogP contribution in [0.1, 0.15) is 44.0 Å². The summed E-state index contributed by atoms with van der Waals surface area (Å²) in [5.41, 5.74) is -0.387. The van der Waals surface area contributed by atoms with Gasteiger partial charge >= 0.3 is 12.1 Å². The second-order valence-electron chi connectivity index (χ2n) is 7.03. The van der Waals surface area contributed by atoms with Crippen LogP contribution in [0.4, 0.5) is 4.79 Å². The number of esters is 1. The van der Waals surface area contributed by atoms with Crippen molar-refractivity contribution >= 4 is 31.8 Å². The van der Waals surface area contributed by atoms with Gasteiger partial charge in [0.25, 0.3) is 9.05 Å². The molecule has 1 aliphatic heterocycles. The Bertz CT molecular complexity index is 769. The van der Waals surface area contributed by atoms with Crippen LogP contribution in [0, 0.1) is 0 Å². The Morgan fingerprint density at radius 2 is 1.85 bits per heavy atom. The lowest BCUT2D eigenvalue weighted by molar-refractivity contribution is 0.0106. The highest BCUT2D eigenvalue weighted by atomic mass is 35.7. The lowest BCUT2D eigenvalue weighted by atomic mass is 10.2. The minimum Gasteiger partial charge on any atom is -0.460 e. The average molecular weight is 404 g/mol. The molecular formula is C17H22ClNO6S. The summed E-state index contributed by atoms with van der Waals surface area (Å²) >= 11 is 0. The Hall–Kier alpha value is -1.80. The summed E-state index contributed by atoms with van der Waals surface area (Å²) in [5, 5.41) is 0. The van der Waals surface area contributed by atoms with Crippen LogP contribution in [0.25, 0.3) is 0 Å². The van der Waals surface area contributed by atoms with E-state index in [0.717, 1.165) is 12.8 Å². The molecule has 0 aliphatic carbocycles. The third-order valence-corrected chi connectivity index (χ3v) is 5.15. The first-order valence-corrected chi connectivity index (χ1v) is 10.5. The van der Waals surface area contributed by atoms with Gasteiger partial charge in [-0.25, -0.2) is 18.0 Å². The summed E-state index contributed by atoms with van der Waals surface area (Å²) in [6.45, 7) is 5.98. The summed E-state index contributed by atoms with van der Waals surface area (Å²) in [7, 11) is 1.40. The highest BCUT2D eigenvalue weighted by molar-refractivity contribution is 8.13. The molecule has 0 bridgehead atoms. The van der Waals surface area contributed by atoms with Gasteiger partial charge in [0.2, 0.25) is 0 Å². The topological polar surface area (TPSA) is 90.0 Å². The van der Waals surface area contributed by atoms with Gasteiger partial charge in [-0.2, -0.15) is 0 Å². The molecule has 0 aromatic heterocycles. The van der Waals surface area contributed by atoms with Crippen molar-refractivity contribution in [2.75, 3.05) is 13.2 Å². The van der Waals surface area contributed by atoms with Crippen LogP contribution >= 0.6 is 10.7 Å². The zero-order chi connectivity index (χ0) is 19.5. The normalized spacial score (nSPS) is 17.8. The molecule has 1 aliphatic rings. The first-order valence-electron chi connectivity index (χ1n) is 8.19. The maximum Gasteiger partial charge on any atom is 0.410 e. The Morgan fingerprint density at radius 1 is 1.23 bits per heavy atom. The quantitative estimate of drug-likeness (QED) is 0.566. The molecule has 1 aromatic rings. The predicted molar refractivity (Wildman–Crippen MR) is 95.7 cm³/mol. The smallest absolute Gasteiger partial charge is 0.410 e. The molecule has 1 heterocycles. The zero-order valence-electron chi connectivity index (χ0n) is 14.9. The van der Waals surface area contributed by atoms with E-state index in [-0.39, 0.29) is 23.1 Å². The van der Waals surface area contributed by atoms with Gasteiger partial charge in [-0.15, -0.1) is 0 Å². The minimum absolute atomic E-state index is 0.0492. The number of ether oxygens (including phenoxy) is 2. The Balaban J connectivity index is 1.95. The van der Waals surface area contributed by atoms with Crippen LogP contribution < -0.4 is 0 Å². The van der Waals surface area contributed by atoms with Crippen LogP contribution in [0.2, 0.25) is 0 Å². The van der Waals surface area contributed by atoms with E-state index >= 15 is 0 Å². The molecule has 2 rings (SSSR count). The first kappa shape index (κ1) is 20.5. The number of nitrogens with zero attached hydrogens (tertiary/aromatic N) is 1. The van der Waals surface area contributed by atoms with Gasteiger partial charge in [-0.3, -0.25) is 0 Å². The van der Waals surface area contributed by atoms with E-state index in [9.17, 15) is 18.0 Å². The second kappa shape index (κ2) is 7.84. The van der Waals surface area contributed by atoms with E-state index in [1.165, 1.54) is 24.3 Å². The van der Waals surface area contributed by atoms with E-state index < -0.39 is 26.7 Å². The Labute approximate surface area is 157 Å². The van der Waals surface area contributed by atoms with Crippen molar-refractivity contribution in [1.82, 2.24) is 4.90 Å². The Kier molecular flexibility index (Phi) is 6.18. The maximum atomic E-state index is 12.2. The van der Waals surface area contributed by atoms with Crippen LogP contribution in [0.3, 0.4) is 0 Å². The van der Waals surface area contributed by atoms with Gasteiger partial charge < -0.3 is 14.4 Å². The van der Waals surface area contributed by atoms with Gasteiger partial charge in [0.15, 0.2) is 0 Å². The Morgan fingerprint density at radius 3 is 2.38 bits per heavy atom. The van der Waals surface area contributed by atoms with Crippen LogP contribution in [-0.4, -0.2) is 50.2 Å². The summed E-state index contributed by atoms with van der Waals surface area (Å²) in [4.78, 5) is 25.8. The molecule has 26 heavy (non-hydrogen) atoms. The fourth-order valence-corrected chi connectivity index (χ4v) is 3.35. The number of hydrogen-bond donors (Lipinski definition) is 0. The first-order chi connectivity index (χ1) is 12.0. The molecule has 1 atom stereocenters. The lowest BCUT2D eigenvalue weighted by Gasteiger charge is -2.28. The largest absolute Gasteiger partial charge is 0.460 e. The molecular weight excluding hydrogens is 382 g/mol. The molecule has 9 heteroatoms. The molecule has 1 unspecified atom stereocenters. The van der Waals surface area contributed by atoms with Crippen LogP contribution in [0.15, 0.2) is 29.2 Å². The number of halogens is 1. The number of benzene rings is 1. The molecule has 0 N–H and O–H groups in total. The van der Waals surface area contributed by atoms with Gasteiger partial charge in [0.1, 0.15) is 12.2 Å². The van der Waals surface area contributed by atoms with Crippen molar-refractivity contribution in [2.24, 2.45) is 0 Å². The number of amides is 1. The lowest BCUT2D eigenvalue weighted by Crippen LogP contribution is -2.42. The van der Waals surface area contributed by atoms with Crippen LogP contribution in [0.5, 0.6) is 0 Å². The van der Waals surface area contributed by atoms with E-state index in [1.54, 1.807) is 25.7 Å². The number of carbonyl (C=O) groups is 2. The standard InChI is InChI=1S/C17H22ClNO6S/c1-17(2,3)25-16(21)19-10-4-5-13(19)11-24-15(20)12-6-8-14(9-7-12)26(18,22)23/h6-9,13H,4-5,10-11H2,1-3H3. The monoisotopic (exact) mass is 403 g/mol. The predicted octanol–water partition coefficient (Wildman–Crippen LogP) is 3.17. The van der Waals surface area contributed by atoms with Gasteiger partial charge in [0.05, 0.1) is 16.5 Å². The maximum absolute atomic E-state index is 12.2. The fraction of sp³-hybridized carbons (Fsp3) is 0.529. The van der Waals surface area contributed by atoms with Crippen molar-refractivity contribution in [3.63, 3.8) is 0 Å². The highest BCUT2D eigenvalue weighted by Crippen LogP contribution is 2.22. The van der Waals surface area contributed by atoms with Gasteiger partial charge in [-0.1, -0.05) is 0 Å². The SMILES string of the molecule is CC(C)(C)OC(=O)N1CCCC1COC(=O)c1ccc(S(=O)(=O)Cl)cc1. The summed E-state index contributed by atoms with van der Waals surface area (Å²) < 4.78 is 33.1. The van der Waals surface area contributed by atoms with Gasteiger partial charge in [0, 0.05) is 17.2 Å². The summed E-state index contributed by atoms with van der Waals surface area (Å²) in [5.74, 6) is -0.598. The van der Waals surface area contributed by atoms with Crippen molar-refractivity contribution in [2.45, 2.75) is 50.2 Å². The average Bonchev–Trinajstić information content (AvgIpc) is 2.99. The molecule has 144 valence electrons. The van der Waals surface area contributed by atoms with Crippen molar-refractivity contribution < 1.29 is 27.5 Å². The third-order valence-electron chi connectivity index (χ3n) is 3.78. The summed E-state index contributed by atoms with van der Waals surface area (Å²) in [6, 6.07) is 4.90. The van der Waals surface area contributed by atoms with E-state index in [2.05, 4.69) is 0 Å². The molecule has 7 nitrogen and oxygen atoms in total. The third kappa shape index (κ3) is 5.60. The molecule has 1 amide bonds. The molecule has 0 spiro atoms. The summed E-state index contributed by atoms with van der Waals surface area (Å²) in [6.07, 6.45) is 1.10. The molecule has 1 saturated heterocycles. The number of likely N-dealkylation sites (tertiary alicyclic amines) is 1. The molecule has 1 aromatic carbocycles. The number of rotatable bonds is 4. The minimum atomic E-state index is -3.84. The van der Waals surface area contributed by atoms with Crippen molar-refractivity contribution in [1.29, 1.82) is 0 Å². The van der Waals surface area contributed by atoms with Crippen molar-refractivity contribution in [3.8, 4) is 0 Å². The molecule has 1 fully saturated rings. The fourth-order valence-electron chi connectivity index (χ4n) is 2.58. The highest BCUT2D eigenvalue weighted by Gasteiger charge is 2.33. The number of hydrogen-bond acceptors (Lipinski definition) is 6. The van der Waals surface area contributed by atoms with Gasteiger partial charge in [-0.05, 0) is 57.9 Å². The van der Waals surface area contributed by atoms with E-state index in [0.29, 0.717) is 6.54 Å². The zero-order valence-corrected chi connectivity index (χ0v) is 16.5. The number of carbonyl (C=O) groups excluding carboxylic acids is 2. The van der Waals surface area contributed by atoms with E-state index in [4.69, 9.17) is 20.2 Å². The molecule has 0 saturated carbocycles. The van der Waals surface area contributed by atoms with E-state index in [1.807, 2.05) is 0 Å². The van der Waals surface area contributed by atoms with Crippen molar-refractivity contribution in [3.05, 3.63) is 29.8 Å². The molecule has 0 radical (unpaired) electrons. The second-order valence-corrected chi connectivity index (χ2v) is 9.60. The van der Waals surface area contributed by atoms with Crippen LogP contribution in [-0.2, 0) is 18.5 Å².